The number of rotatable bonds is 7. The second kappa shape index (κ2) is 9.10. The Morgan fingerprint density at radius 2 is 2.14 bits per heavy atom. The van der Waals surface area contributed by atoms with E-state index in [2.05, 4.69) is 5.32 Å². The quantitative estimate of drug-likeness (QED) is 0.486. The molecule has 1 saturated heterocycles. The maximum absolute atomic E-state index is 13.0. The number of allylic oxidation sites excluding steroid dienone is 1. The highest BCUT2D eigenvalue weighted by molar-refractivity contribution is 7.92. The van der Waals surface area contributed by atoms with Crippen molar-refractivity contribution in [1.29, 1.82) is 0 Å². The van der Waals surface area contributed by atoms with E-state index in [1.54, 1.807) is 20.9 Å². The summed E-state index contributed by atoms with van der Waals surface area (Å²) in [5, 5.41) is 13.3. The van der Waals surface area contributed by atoms with Crippen LogP contribution in [0, 0.1) is 12.3 Å². The summed E-state index contributed by atoms with van der Waals surface area (Å²) >= 11 is 0. The predicted octanol–water partition coefficient (Wildman–Crippen LogP) is -0.918. The third kappa shape index (κ3) is 5.15. The van der Waals surface area contributed by atoms with Gasteiger partial charge in [0.2, 0.25) is 11.8 Å². The molecule has 1 fully saturated rings. The molecule has 0 aliphatic carbocycles. The van der Waals surface area contributed by atoms with Crippen LogP contribution in [0.2, 0.25) is 0 Å². The van der Waals surface area contributed by atoms with Crippen molar-refractivity contribution >= 4 is 21.8 Å². The minimum atomic E-state index is -3.82. The molecule has 159 valence electrons. The number of nitrogens with zero attached hydrogens (tertiary/aromatic N) is 2. The summed E-state index contributed by atoms with van der Waals surface area (Å²) in [5.74, 6) is -1.06. The summed E-state index contributed by atoms with van der Waals surface area (Å²) in [5.41, 5.74) is 5.17. The van der Waals surface area contributed by atoms with Gasteiger partial charge in [-0.25, -0.2) is 8.42 Å². The van der Waals surface area contributed by atoms with Gasteiger partial charge in [-0.2, -0.15) is 4.31 Å². The largest absolute Gasteiger partial charge is 0.475 e. The van der Waals surface area contributed by atoms with Crippen LogP contribution in [0.4, 0.5) is 0 Å². The fourth-order valence-corrected chi connectivity index (χ4v) is 5.05. The Balaban J connectivity index is 1.99. The number of primary amides is 1. The van der Waals surface area contributed by atoms with E-state index in [-0.39, 0.29) is 31.3 Å². The Labute approximate surface area is 165 Å². The lowest BCUT2D eigenvalue weighted by atomic mass is 10.0. The predicted molar refractivity (Wildman–Crippen MR) is 101 cm³/mol. The van der Waals surface area contributed by atoms with Crippen LogP contribution in [0.15, 0.2) is 10.8 Å². The van der Waals surface area contributed by atoms with Gasteiger partial charge in [-0.05, 0) is 26.2 Å². The number of amides is 2. The van der Waals surface area contributed by atoms with Crippen LogP contribution < -0.4 is 11.1 Å². The van der Waals surface area contributed by atoms with Gasteiger partial charge in [-0.1, -0.05) is 6.92 Å². The molecule has 2 aliphatic heterocycles. The van der Waals surface area contributed by atoms with Gasteiger partial charge in [0.1, 0.15) is 5.76 Å². The molecule has 0 aromatic rings. The number of aliphatic hydroxyl groups is 1. The van der Waals surface area contributed by atoms with Crippen LogP contribution in [0.1, 0.15) is 33.1 Å². The van der Waals surface area contributed by atoms with Gasteiger partial charge in [0.25, 0.3) is 10.0 Å². The lowest BCUT2D eigenvalue weighted by Crippen LogP contribution is -2.47. The number of sulfonamides is 1. The number of ether oxygens (including phenoxy) is 1. The molecular formula is C17H29N4O6S. The number of β-amino-alcohol motifs (C(OH)–C–C–N with tert-alkyl or cyclic N) is 1. The second-order valence-corrected chi connectivity index (χ2v) is 9.12. The van der Waals surface area contributed by atoms with Gasteiger partial charge >= 0.3 is 0 Å². The van der Waals surface area contributed by atoms with E-state index in [0.29, 0.717) is 18.6 Å². The van der Waals surface area contributed by atoms with Gasteiger partial charge in [-0.15, -0.1) is 0 Å². The van der Waals surface area contributed by atoms with Crippen LogP contribution in [0.25, 0.3) is 0 Å². The van der Waals surface area contributed by atoms with E-state index in [4.69, 9.17) is 10.5 Å². The summed E-state index contributed by atoms with van der Waals surface area (Å²) in [6, 6.07) is -0.583. The molecule has 0 bridgehead atoms. The Morgan fingerprint density at radius 3 is 2.71 bits per heavy atom. The first kappa shape index (κ1) is 22.4. The Hall–Kier alpha value is -1.85. The highest BCUT2D eigenvalue weighted by atomic mass is 32.2. The van der Waals surface area contributed by atoms with Crippen LogP contribution in [0.5, 0.6) is 0 Å². The van der Waals surface area contributed by atoms with Gasteiger partial charge in [-0.3, -0.25) is 9.59 Å². The lowest BCUT2D eigenvalue weighted by Gasteiger charge is -2.26. The molecule has 2 aliphatic rings. The van der Waals surface area contributed by atoms with Crippen LogP contribution in [-0.4, -0.2) is 73.6 Å². The third-order valence-corrected chi connectivity index (χ3v) is 7.05. The van der Waals surface area contributed by atoms with E-state index >= 15 is 0 Å². The van der Waals surface area contributed by atoms with Crippen molar-refractivity contribution in [3.8, 4) is 0 Å². The molecule has 2 amide bonds. The van der Waals surface area contributed by atoms with Crippen molar-refractivity contribution in [3.05, 3.63) is 17.2 Å². The topological polar surface area (TPSA) is 142 Å². The molecule has 1 radical (unpaired) electrons. The molecule has 2 rings (SSSR count). The average molecular weight is 418 g/mol. The molecule has 2 heterocycles. The third-order valence-electron chi connectivity index (χ3n) is 4.95. The highest BCUT2D eigenvalue weighted by Gasteiger charge is 2.38. The zero-order valence-electron chi connectivity index (χ0n) is 16.4. The monoisotopic (exact) mass is 417 g/mol. The van der Waals surface area contributed by atoms with Gasteiger partial charge in [0, 0.05) is 26.1 Å². The van der Waals surface area contributed by atoms with Crippen LogP contribution in [0.3, 0.4) is 0 Å². The lowest BCUT2D eigenvalue weighted by molar-refractivity contribution is -0.121. The zero-order chi connectivity index (χ0) is 21.1. The van der Waals surface area contributed by atoms with E-state index in [9.17, 15) is 23.1 Å². The molecule has 11 heteroatoms. The molecule has 2 unspecified atom stereocenters. The molecule has 0 saturated carbocycles. The van der Waals surface area contributed by atoms with E-state index in [1.165, 1.54) is 15.6 Å². The van der Waals surface area contributed by atoms with Crippen molar-refractivity contribution in [1.82, 2.24) is 14.5 Å². The Bertz CT molecular complexity index is 738. The first-order valence-electron chi connectivity index (χ1n) is 9.20. The zero-order valence-corrected chi connectivity index (χ0v) is 17.2. The average Bonchev–Trinajstić information content (AvgIpc) is 2.84. The van der Waals surface area contributed by atoms with Gasteiger partial charge in [0.15, 0.2) is 11.8 Å². The maximum Gasteiger partial charge on any atom is 0.261 e. The van der Waals surface area contributed by atoms with Crippen molar-refractivity contribution < 1.29 is 27.9 Å². The minimum Gasteiger partial charge on any atom is -0.475 e. The minimum absolute atomic E-state index is 0.0935. The van der Waals surface area contributed by atoms with Gasteiger partial charge < -0.3 is 25.8 Å². The first-order chi connectivity index (χ1) is 13.0. The Kier molecular flexibility index (Phi) is 7.29. The van der Waals surface area contributed by atoms with Crippen molar-refractivity contribution in [2.75, 3.05) is 26.9 Å². The number of aliphatic hydroxyl groups excluding tert-OH is 1. The number of nitrogens with two attached hydrogens (primary N) is 1. The fraction of sp³-hybridized carbons (Fsp3) is 0.706. The molecule has 0 spiro atoms. The summed E-state index contributed by atoms with van der Waals surface area (Å²) in [6.07, 6.45) is 1.38. The van der Waals surface area contributed by atoms with Crippen LogP contribution in [-0.2, 0) is 24.3 Å². The van der Waals surface area contributed by atoms with Gasteiger partial charge in [0.05, 0.1) is 18.6 Å². The van der Waals surface area contributed by atoms with Crippen molar-refractivity contribution in [2.24, 2.45) is 11.7 Å². The second-order valence-electron chi connectivity index (χ2n) is 7.26. The van der Waals surface area contributed by atoms with E-state index in [0.717, 1.165) is 0 Å². The Morgan fingerprint density at radius 1 is 1.46 bits per heavy atom. The number of nitrogens with one attached hydrogen (secondary N) is 1. The smallest absolute Gasteiger partial charge is 0.261 e. The molecule has 10 nitrogen and oxygen atoms in total. The van der Waals surface area contributed by atoms with Crippen molar-refractivity contribution in [3.63, 3.8) is 0 Å². The summed E-state index contributed by atoms with van der Waals surface area (Å²) in [7, 11) is -2.19. The molecule has 0 aromatic carbocycles. The molecule has 28 heavy (non-hydrogen) atoms. The van der Waals surface area contributed by atoms with E-state index < -0.39 is 39.9 Å². The highest BCUT2D eigenvalue weighted by Crippen LogP contribution is 2.28. The van der Waals surface area contributed by atoms with Crippen molar-refractivity contribution in [2.45, 2.75) is 45.3 Å². The molecule has 3 atom stereocenters. The number of hydrogen-bond acceptors (Lipinski definition) is 7. The summed E-state index contributed by atoms with van der Waals surface area (Å²) in [4.78, 5) is 24.6. The number of carbonyl (C=O) groups is 2. The standard InChI is InChI=1S/C17H29N4O6S/c1-11(16(18)24)6-7-15(23)19-13-5-4-8-21(9-14(13)22)28(25,26)17-12(2)27-10-20(17)3/h7,11,13-14,22H,4-6,8-10H2,1-3H3,(H2,18,24)(H,19,23)/t11?,13?,14-/m0/s1. The SMILES string of the molecule is CC1=C(S(=O)(=O)N2CCCC(NC(=O)[CH]CC(C)C(N)=O)[C@@H](O)C2)N(C)CO1. The molecule has 0 aromatic heterocycles. The fourth-order valence-electron chi connectivity index (χ4n) is 3.22. The molecule has 4 N–H and O–H groups in total. The summed E-state index contributed by atoms with van der Waals surface area (Å²) < 4.78 is 32.5. The van der Waals surface area contributed by atoms with Crippen LogP contribution >= 0.6 is 0 Å². The van der Waals surface area contributed by atoms with E-state index in [1.807, 2.05) is 0 Å². The number of carbonyl (C=O) groups excluding carboxylic acids is 2. The molecular weight excluding hydrogens is 388 g/mol. The maximum atomic E-state index is 13.0. The summed E-state index contributed by atoms with van der Waals surface area (Å²) in [6.45, 7) is 3.48. The first-order valence-corrected chi connectivity index (χ1v) is 10.6. The normalized spacial score (nSPS) is 25.2. The number of hydrogen-bond donors (Lipinski definition) is 3.